The summed E-state index contributed by atoms with van der Waals surface area (Å²) < 4.78 is 0. The quantitative estimate of drug-likeness (QED) is 0.714. The second kappa shape index (κ2) is 5.78. The maximum Gasteiger partial charge on any atom is 0.0206 e. The van der Waals surface area contributed by atoms with Gasteiger partial charge in [0.1, 0.15) is 0 Å². The summed E-state index contributed by atoms with van der Waals surface area (Å²) in [6, 6.07) is 8.67. The molecule has 1 rings (SSSR count). The largest absolute Gasteiger partial charge is 0.311 e. The predicted molar refractivity (Wildman–Crippen MR) is 61.4 cm³/mol. The molecule has 1 aromatic carbocycles. The molecular formula is C12H20N2. The Morgan fingerprint density at radius 3 is 2.36 bits per heavy atom. The van der Waals surface area contributed by atoms with Crippen molar-refractivity contribution < 1.29 is 0 Å². The molecule has 2 nitrogen and oxygen atoms in total. The number of aryl methyl sites for hydroxylation is 1. The first-order chi connectivity index (χ1) is 6.68. The molecule has 0 aliphatic rings. The number of nitrogens with one attached hydrogen (secondary N) is 1. The van der Waals surface area contributed by atoms with Crippen LogP contribution >= 0.6 is 0 Å². The molecule has 0 aliphatic heterocycles. The van der Waals surface area contributed by atoms with Crippen molar-refractivity contribution in [3.8, 4) is 0 Å². The molecule has 1 aromatic rings. The normalized spacial score (nSPS) is 10.9. The van der Waals surface area contributed by atoms with Crippen molar-refractivity contribution in [3.05, 3.63) is 35.4 Å². The lowest BCUT2D eigenvalue weighted by Gasteiger charge is -2.10. The summed E-state index contributed by atoms with van der Waals surface area (Å²) in [6.07, 6.45) is 0. The van der Waals surface area contributed by atoms with Gasteiger partial charge in [0.15, 0.2) is 0 Å². The van der Waals surface area contributed by atoms with Crippen LogP contribution in [0, 0.1) is 6.92 Å². The van der Waals surface area contributed by atoms with Gasteiger partial charge in [-0.1, -0.05) is 29.8 Å². The Balaban J connectivity index is 2.21. The smallest absolute Gasteiger partial charge is 0.0206 e. The SMILES string of the molecule is Cc1ccc(CNCCN(C)C)cc1. The van der Waals surface area contributed by atoms with E-state index in [0.29, 0.717) is 0 Å². The van der Waals surface area contributed by atoms with E-state index in [2.05, 4.69) is 55.5 Å². The molecule has 0 fully saturated rings. The highest BCUT2D eigenvalue weighted by atomic mass is 15.1. The van der Waals surface area contributed by atoms with Gasteiger partial charge in [-0.05, 0) is 26.6 Å². The monoisotopic (exact) mass is 192 g/mol. The second-order valence-electron chi connectivity index (χ2n) is 3.97. The third-order valence-electron chi connectivity index (χ3n) is 2.19. The van der Waals surface area contributed by atoms with Gasteiger partial charge in [0.25, 0.3) is 0 Å². The fourth-order valence-corrected chi connectivity index (χ4v) is 1.24. The van der Waals surface area contributed by atoms with E-state index in [4.69, 9.17) is 0 Å². The molecule has 1 N–H and O–H groups in total. The van der Waals surface area contributed by atoms with E-state index in [-0.39, 0.29) is 0 Å². The number of hydrogen-bond donors (Lipinski definition) is 1. The summed E-state index contributed by atoms with van der Waals surface area (Å²) in [6.45, 7) is 5.21. The Hall–Kier alpha value is -0.860. The van der Waals surface area contributed by atoms with E-state index >= 15 is 0 Å². The summed E-state index contributed by atoms with van der Waals surface area (Å²) in [7, 11) is 4.18. The molecule has 0 aliphatic carbocycles. The molecule has 0 unspecified atom stereocenters. The molecule has 0 saturated carbocycles. The highest BCUT2D eigenvalue weighted by molar-refractivity contribution is 5.20. The molecule has 0 bridgehead atoms. The standard InChI is InChI=1S/C12H20N2/c1-11-4-6-12(7-5-11)10-13-8-9-14(2)3/h4-7,13H,8-10H2,1-3H3. The van der Waals surface area contributed by atoms with Crippen molar-refractivity contribution in [2.75, 3.05) is 27.2 Å². The number of hydrogen-bond acceptors (Lipinski definition) is 2. The lowest BCUT2D eigenvalue weighted by Crippen LogP contribution is -2.26. The van der Waals surface area contributed by atoms with Crippen LogP contribution in [0.5, 0.6) is 0 Å². The summed E-state index contributed by atoms with van der Waals surface area (Å²) >= 11 is 0. The van der Waals surface area contributed by atoms with Crippen LogP contribution in [0.2, 0.25) is 0 Å². The first-order valence-corrected chi connectivity index (χ1v) is 5.09. The molecular weight excluding hydrogens is 172 g/mol. The molecule has 78 valence electrons. The van der Waals surface area contributed by atoms with Crippen molar-refractivity contribution in [2.24, 2.45) is 0 Å². The van der Waals surface area contributed by atoms with Gasteiger partial charge < -0.3 is 10.2 Å². The Labute approximate surface area is 86.9 Å². The van der Waals surface area contributed by atoms with Gasteiger partial charge >= 0.3 is 0 Å². The van der Waals surface area contributed by atoms with Gasteiger partial charge in [0.2, 0.25) is 0 Å². The van der Waals surface area contributed by atoms with Gasteiger partial charge in [-0.2, -0.15) is 0 Å². The van der Waals surface area contributed by atoms with Crippen LogP contribution in [0.15, 0.2) is 24.3 Å². The molecule has 14 heavy (non-hydrogen) atoms. The average Bonchev–Trinajstić information content (AvgIpc) is 2.15. The number of benzene rings is 1. The van der Waals surface area contributed by atoms with E-state index < -0.39 is 0 Å². The Bertz CT molecular complexity index is 252. The maximum atomic E-state index is 3.41. The minimum atomic E-state index is 0.966. The van der Waals surface area contributed by atoms with Crippen molar-refractivity contribution >= 4 is 0 Å². The molecule has 0 radical (unpaired) electrons. The second-order valence-corrected chi connectivity index (χ2v) is 3.97. The van der Waals surface area contributed by atoms with Crippen LogP contribution < -0.4 is 5.32 Å². The van der Waals surface area contributed by atoms with Crippen molar-refractivity contribution in [1.82, 2.24) is 10.2 Å². The Morgan fingerprint density at radius 1 is 1.14 bits per heavy atom. The Kier molecular flexibility index (Phi) is 4.63. The minimum absolute atomic E-state index is 0.966. The first-order valence-electron chi connectivity index (χ1n) is 5.09. The first kappa shape index (κ1) is 11.2. The van der Waals surface area contributed by atoms with Crippen LogP contribution in [0.3, 0.4) is 0 Å². The zero-order chi connectivity index (χ0) is 10.4. The van der Waals surface area contributed by atoms with Gasteiger partial charge in [0.05, 0.1) is 0 Å². The topological polar surface area (TPSA) is 15.3 Å². The average molecular weight is 192 g/mol. The van der Waals surface area contributed by atoms with Crippen LogP contribution in [-0.2, 0) is 6.54 Å². The van der Waals surface area contributed by atoms with E-state index in [1.807, 2.05) is 0 Å². The molecule has 0 spiro atoms. The lowest BCUT2D eigenvalue weighted by atomic mass is 10.1. The fraction of sp³-hybridized carbons (Fsp3) is 0.500. The highest BCUT2D eigenvalue weighted by Crippen LogP contribution is 2.01. The molecule has 2 heteroatoms. The lowest BCUT2D eigenvalue weighted by molar-refractivity contribution is 0.400. The minimum Gasteiger partial charge on any atom is -0.311 e. The van der Waals surface area contributed by atoms with Gasteiger partial charge in [-0.15, -0.1) is 0 Å². The summed E-state index contributed by atoms with van der Waals surface area (Å²) in [4.78, 5) is 2.18. The number of nitrogens with zero attached hydrogens (tertiary/aromatic N) is 1. The number of likely N-dealkylation sites (N-methyl/N-ethyl adjacent to an activating group) is 1. The predicted octanol–water partition coefficient (Wildman–Crippen LogP) is 1.65. The van der Waals surface area contributed by atoms with Gasteiger partial charge in [0, 0.05) is 19.6 Å². The van der Waals surface area contributed by atoms with Gasteiger partial charge in [-0.3, -0.25) is 0 Å². The fourth-order valence-electron chi connectivity index (χ4n) is 1.24. The molecule has 0 atom stereocenters. The summed E-state index contributed by atoms with van der Waals surface area (Å²) in [5.41, 5.74) is 2.68. The van der Waals surface area contributed by atoms with Crippen LogP contribution in [0.25, 0.3) is 0 Å². The van der Waals surface area contributed by atoms with E-state index in [0.717, 1.165) is 19.6 Å². The highest BCUT2D eigenvalue weighted by Gasteiger charge is 1.92. The van der Waals surface area contributed by atoms with Crippen molar-refractivity contribution in [3.63, 3.8) is 0 Å². The maximum absolute atomic E-state index is 3.41. The molecule has 0 amide bonds. The van der Waals surface area contributed by atoms with E-state index in [1.54, 1.807) is 0 Å². The zero-order valence-corrected chi connectivity index (χ0v) is 9.38. The third-order valence-corrected chi connectivity index (χ3v) is 2.19. The van der Waals surface area contributed by atoms with E-state index in [1.165, 1.54) is 11.1 Å². The van der Waals surface area contributed by atoms with Crippen molar-refractivity contribution in [2.45, 2.75) is 13.5 Å². The van der Waals surface area contributed by atoms with Gasteiger partial charge in [-0.25, -0.2) is 0 Å². The molecule has 0 heterocycles. The van der Waals surface area contributed by atoms with E-state index in [9.17, 15) is 0 Å². The molecule has 0 saturated heterocycles. The Morgan fingerprint density at radius 2 is 1.79 bits per heavy atom. The van der Waals surface area contributed by atoms with Crippen LogP contribution in [0.4, 0.5) is 0 Å². The zero-order valence-electron chi connectivity index (χ0n) is 9.38. The summed E-state index contributed by atoms with van der Waals surface area (Å²) in [5.74, 6) is 0. The van der Waals surface area contributed by atoms with Crippen molar-refractivity contribution in [1.29, 1.82) is 0 Å². The van der Waals surface area contributed by atoms with Crippen LogP contribution in [0.1, 0.15) is 11.1 Å². The summed E-state index contributed by atoms with van der Waals surface area (Å²) in [5, 5.41) is 3.41. The number of rotatable bonds is 5. The van der Waals surface area contributed by atoms with Crippen LogP contribution in [-0.4, -0.2) is 32.1 Å². The molecule has 0 aromatic heterocycles. The third kappa shape index (κ3) is 4.40.